The first-order chi connectivity index (χ1) is 18.7. The van der Waals surface area contributed by atoms with Gasteiger partial charge in [0.05, 0.1) is 5.76 Å². The first-order valence-electron chi connectivity index (χ1n) is 14.5. The monoisotopic (exact) mass is 713 g/mol. The molecule has 0 saturated heterocycles. The van der Waals surface area contributed by atoms with Gasteiger partial charge >= 0.3 is 0 Å². The molecule has 3 aromatic carbocycles. The Balaban J connectivity index is 0.000000243. The Morgan fingerprint density at radius 2 is 1.62 bits per heavy atom. The Kier molecular flexibility index (Phi) is 10.5. The number of allylic oxidation sites excluding steroid dienone is 2. The molecule has 213 valence electrons. The number of ketones is 1. The molecule has 0 spiro atoms. The van der Waals surface area contributed by atoms with Crippen molar-refractivity contribution < 1.29 is 30.0 Å². The molecular formula is C36H42IrNO2-. The summed E-state index contributed by atoms with van der Waals surface area (Å²) < 4.78 is 0. The maximum Gasteiger partial charge on any atom is 0.162 e. The summed E-state index contributed by atoms with van der Waals surface area (Å²) in [5.74, 6) is 0.547. The van der Waals surface area contributed by atoms with Crippen molar-refractivity contribution in [2.75, 3.05) is 0 Å². The van der Waals surface area contributed by atoms with Crippen molar-refractivity contribution in [3.63, 3.8) is 0 Å². The van der Waals surface area contributed by atoms with Gasteiger partial charge in [-0.2, -0.15) is 0 Å². The van der Waals surface area contributed by atoms with E-state index in [1.807, 2.05) is 33.9 Å². The Labute approximate surface area is 253 Å². The average Bonchev–Trinajstić information content (AvgIpc) is 2.92. The van der Waals surface area contributed by atoms with E-state index in [0.717, 1.165) is 36.9 Å². The van der Waals surface area contributed by atoms with E-state index in [4.69, 9.17) is 4.98 Å². The maximum absolute atomic E-state index is 11.7. The number of rotatable bonds is 7. The van der Waals surface area contributed by atoms with Crippen LogP contribution < -0.4 is 0 Å². The van der Waals surface area contributed by atoms with E-state index in [0.29, 0.717) is 0 Å². The van der Waals surface area contributed by atoms with E-state index >= 15 is 0 Å². The predicted octanol–water partition coefficient (Wildman–Crippen LogP) is 9.67. The summed E-state index contributed by atoms with van der Waals surface area (Å²) in [7, 11) is 0. The van der Waals surface area contributed by atoms with Crippen molar-refractivity contribution in [2.45, 2.75) is 79.6 Å². The van der Waals surface area contributed by atoms with Gasteiger partial charge in [0.1, 0.15) is 0 Å². The molecule has 5 rings (SSSR count). The summed E-state index contributed by atoms with van der Waals surface area (Å²) in [5.41, 5.74) is 6.17. The van der Waals surface area contributed by atoms with Gasteiger partial charge in [0.15, 0.2) is 5.78 Å². The molecule has 1 heterocycles. The zero-order valence-electron chi connectivity index (χ0n) is 24.9. The number of carbonyl (C=O) groups is 1. The van der Waals surface area contributed by atoms with Gasteiger partial charge in [-0.25, -0.2) is 0 Å². The summed E-state index contributed by atoms with van der Waals surface area (Å²) in [6.07, 6.45) is 6.83. The van der Waals surface area contributed by atoms with Crippen LogP contribution in [0.3, 0.4) is 0 Å². The van der Waals surface area contributed by atoms with Crippen LogP contribution in [0.15, 0.2) is 66.6 Å². The number of fused-ring (bicyclic) bond motifs is 4. The Morgan fingerprint density at radius 3 is 2.27 bits per heavy atom. The van der Waals surface area contributed by atoms with Crippen molar-refractivity contribution >= 4 is 27.3 Å². The fourth-order valence-electron chi connectivity index (χ4n) is 6.11. The molecule has 1 radical (unpaired) electrons. The molecule has 40 heavy (non-hydrogen) atoms. The zero-order valence-corrected chi connectivity index (χ0v) is 27.3. The number of nitrogens with zero attached hydrogens (tertiary/aromatic N) is 1. The Morgan fingerprint density at radius 1 is 0.975 bits per heavy atom. The zero-order chi connectivity index (χ0) is 28.3. The number of pyridine rings is 1. The average molecular weight is 713 g/mol. The number of hydrogen-bond acceptors (Lipinski definition) is 3. The molecule has 4 heteroatoms. The number of aromatic nitrogens is 1. The van der Waals surface area contributed by atoms with Gasteiger partial charge in [0.2, 0.25) is 0 Å². The molecule has 1 aliphatic rings. The molecule has 0 bridgehead atoms. The van der Waals surface area contributed by atoms with Crippen LogP contribution >= 0.6 is 0 Å². The summed E-state index contributed by atoms with van der Waals surface area (Å²) in [6, 6.07) is 21.0. The summed E-state index contributed by atoms with van der Waals surface area (Å²) in [4.78, 5) is 16.5. The largest absolute Gasteiger partial charge is 0.512 e. The van der Waals surface area contributed by atoms with Crippen LogP contribution in [0.2, 0.25) is 0 Å². The molecule has 1 N–H and O–H groups in total. The number of carbonyl (C=O) groups excluding carboxylic acids is 1. The van der Waals surface area contributed by atoms with E-state index in [1.165, 1.54) is 44.3 Å². The van der Waals surface area contributed by atoms with Gasteiger partial charge in [-0.3, -0.25) is 4.79 Å². The second-order valence-electron chi connectivity index (χ2n) is 11.3. The maximum atomic E-state index is 11.7. The van der Waals surface area contributed by atoms with E-state index in [9.17, 15) is 9.90 Å². The normalized spacial score (nSPS) is 13.6. The third kappa shape index (κ3) is 5.94. The molecule has 0 amide bonds. The molecule has 0 aliphatic heterocycles. The summed E-state index contributed by atoms with van der Waals surface area (Å²) in [5, 5.41) is 14.9. The number of aliphatic hydroxyl groups excluding tert-OH is 1. The molecule has 4 aromatic rings. The van der Waals surface area contributed by atoms with Crippen molar-refractivity contribution in [1.29, 1.82) is 0 Å². The first-order valence-corrected chi connectivity index (χ1v) is 14.5. The van der Waals surface area contributed by atoms with Gasteiger partial charge < -0.3 is 10.1 Å². The minimum atomic E-state index is -0.0764. The van der Waals surface area contributed by atoms with Crippen LogP contribution in [0, 0.1) is 24.8 Å². The molecule has 0 saturated carbocycles. The Hall–Kier alpha value is -2.81. The van der Waals surface area contributed by atoms with Crippen LogP contribution in [0.25, 0.3) is 32.8 Å². The van der Waals surface area contributed by atoms with Crippen LogP contribution in [0.5, 0.6) is 0 Å². The van der Waals surface area contributed by atoms with E-state index in [-0.39, 0.29) is 48.9 Å². The number of aryl methyl sites for hydroxylation is 1. The fraction of sp³-hybridized carbons (Fsp3) is 0.389. The number of hydrogen-bond donors (Lipinski definition) is 1. The minimum absolute atomic E-state index is 0. The second-order valence-corrected chi connectivity index (χ2v) is 11.3. The number of benzene rings is 3. The van der Waals surface area contributed by atoms with Gasteiger partial charge in [-0.15, -0.1) is 23.3 Å². The van der Waals surface area contributed by atoms with Crippen molar-refractivity contribution in [3.8, 4) is 11.3 Å². The topological polar surface area (TPSA) is 50.2 Å². The van der Waals surface area contributed by atoms with Crippen LogP contribution in [-0.2, 0) is 30.3 Å². The van der Waals surface area contributed by atoms with Gasteiger partial charge in [0.25, 0.3) is 0 Å². The predicted molar refractivity (Wildman–Crippen MR) is 164 cm³/mol. The molecule has 3 nitrogen and oxygen atoms in total. The standard InChI is InChI=1S/C23H18N.C13H24O2.Ir/c1-14-12-16-10-11-24-22-18-9-8-15-6-4-5-7-17(15)21(18)23(2,3)19(13-14)20(16)22;1-5-10(6-2)12(14)9-13(15)11(7-3)8-4;/h4-8,10-13H,1-3H3;9-11,14H,5-8H2,1-4H3;/q-1;;/b;12-9-;. The van der Waals surface area contributed by atoms with E-state index in [2.05, 4.69) is 75.4 Å². The molecule has 0 fully saturated rings. The van der Waals surface area contributed by atoms with Crippen molar-refractivity contribution in [2.24, 2.45) is 11.8 Å². The molecule has 1 aromatic heterocycles. The van der Waals surface area contributed by atoms with Crippen molar-refractivity contribution in [1.82, 2.24) is 4.98 Å². The van der Waals surface area contributed by atoms with Crippen molar-refractivity contribution in [3.05, 3.63) is 89.3 Å². The van der Waals surface area contributed by atoms with Gasteiger partial charge in [-0.05, 0) is 66.1 Å². The SMILES string of the molecule is CCC(CC)C(=O)/C=C(\O)C(CC)CC.Cc1cc2c3c(nccc3c1)-c1[c-]cc3ccccc3c1C2(C)C.[Ir]. The van der Waals surface area contributed by atoms with E-state index < -0.39 is 0 Å². The van der Waals surface area contributed by atoms with Crippen LogP contribution in [0.4, 0.5) is 0 Å². The summed E-state index contributed by atoms with van der Waals surface area (Å²) >= 11 is 0. The Bertz CT molecular complexity index is 1530. The molecule has 0 unspecified atom stereocenters. The van der Waals surface area contributed by atoms with Crippen LogP contribution in [0.1, 0.15) is 83.9 Å². The molecular weight excluding hydrogens is 671 g/mol. The van der Waals surface area contributed by atoms with E-state index in [1.54, 1.807) is 0 Å². The van der Waals surface area contributed by atoms with Gasteiger partial charge in [0, 0.05) is 44.2 Å². The molecule has 0 atom stereocenters. The third-order valence-corrected chi connectivity index (χ3v) is 8.48. The van der Waals surface area contributed by atoms with Gasteiger partial charge in [-0.1, -0.05) is 94.3 Å². The fourth-order valence-corrected chi connectivity index (χ4v) is 6.11. The smallest absolute Gasteiger partial charge is 0.162 e. The minimum Gasteiger partial charge on any atom is -0.512 e. The van der Waals surface area contributed by atoms with Crippen LogP contribution in [-0.4, -0.2) is 15.9 Å². The third-order valence-electron chi connectivity index (χ3n) is 8.48. The molecule has 1 aliphatic carbocycles. The summed E-state index contributed by atoms with van der Waals surface area (Å²) in [6.45, 7) is 14.9. The number of aliphatic hydroxyl groups is 1. The first kappa shape index (κ1) is 31.7. The quantitative estimate of drug-likeness (QED) is 0.118. The second kappa shape index (κ2) is 13.2.